The van der Waals surface area contributed by atoms with Gasteiger partial charge >= 0.3 is 0 Å². The molecule has 0 radical (unpaired) electrons. The Labute approximate surface area is 132 Å². The topological polar surface area (TPSA) is 12.0 Å². The van der Waals surface area contributed by atoms with Gasteiger partial charge in [0.2, 0.25) is 0 Å². The molecule has 0 aliphatic heterocycles. The van der Waals surface area contributed by atoms with E-state index in [2.05, 4.69) is 40.3 Å². The molecule has 19 heavy (non-hydrogen) atoms. The van der Waals surface area contributed by atoms with E-state index in [0.29, 0.717) is 16.6 Å². The summed E-state index contributed by atoms with van der Waals surface area (Å²) in [6, 6.07) is 11.8. The third-order valence-corrected chi connectivity index (χ3v) is 4.17. The monoisotopic (exact) mass is 357 g/mol. The summed E-state index contributed by atoms with van der Waals surface area (Å²) in [6.45, 7) is 2.75. The fourth-order valence-corrected chi connectivity index (χ4v) is 2.85. The molecule has 0 saturated heterocycles. The predicted octanol–water partition coefficient (Wildman–Crippen LogP) is 5.93. The van der Waals surface area contributed by atoms with Crippen molar-refractivity contribution in [3.05, 3.63) is 62.0 Å². The normalized spacial score (nSPS) is 10.5. The molecule has 0 saturated carbocycles. The first-order valence-electron chi connectivity index (χ1n) is 6.07. The van der Waals surface area contributed by atoms with Crippen LogP contribution in [0.3, 0.4) is 0 Å². The smallest absolute Gasteiger partial charge is 0.0470 e. The van der Waals surface area contributed by atoms with E-state index < -0.39 is 0 Å². The zero-order valence-corrected chi connectivity index (χ0v) is 13.6. The van der Waals surface area contributed by atoms with Crippen LogP contribution in [-0.4, -0.2) is 0 Å². The number of hydrogen-bond acceptors (Lipinski definition) is 1. The second-order valence-electron chi connectivity index (χ2n) is 4.21. The van der Waals surface area contributed by atoms with Crippen LogP contribution in [0.5, 0.6) is 0 Å². The van der Waals surface area contributed by atoms with Crippen molar-refractivity contribution in [2.75, 3.05) is 5.32 Å². The average molecular weight is 359 g/mol. The molecule has 0 aliphatic rings. The van der Waals surface area contributed by atoms with Gasteiger partial charge in [0.1, 0.15) is 0 Å². The van der Waals surface area contributed by atoms with Crippen LogP contribution in [0.2, 0.25) is 10.0 Å². The van der Waals surface area contributed by atoms with E-state index in [9.17, 15) is 0 Å². The Bertz CT molecular complexity index is 564. The lowest BCUT2D eigenvalue weighted by atomic mass is 10.1. The molecule has 2 aromatic carbocycles. The van der Waals surface area contributed by atoms with Gasteiger partial charge < -0.3 is 5.32 Å². The summed E-state index contributed by atoms with van der Waals surface area (Å²) in [7, 11) is 0. The van der Waals surface area contributed by atoms with Crippen LogP contribution in [0.1, 0.15) is 18.1 Å². The van der Waals surface area contributed by atoms with Crippen LogP contribution in [0.15, 0.2) is 40.9 Å². The van der Waals surface area contributed by atoms with Crippen molar-refractivity contribution >= 4 is 44.8 Å². The maximum Gasteiger partial charge on any atom is 0.0470 e. The van der Waals surface area contributed by atoms with E-state index >= 15 is 0 Å². The van der Waals surface area contributed by atoms with Gasteiger partial charge in [0, 0.05) is 32.3 Å². The maximum atomic E-state index is 6.16. The molecule has 0 amide bonds. The lowest BCUT2D eigenvalue weighted by molar-refractivity contribution is 1.09. The third-order valence-electron chi connectivity index (χ3n) is 2.97. The Hall–Kier alpha value is -0.700. The molecule has 0 aliphatic carbocycles. The number of anilines is 1. The second-order valence-corrected chi connectivity index (χ2v) is 5.94. The van der Waals surface area contributed by atoms with Gasteiger partial charge in [0.25, 0.3) is 0 Å². The average Bonchev–Trinajstić information content (AvgIpc) is 2.39. The molecular weight excluding hydrogens is 345 g/mol. The molecule has 0 heterocycles. The minimum atomic E-state index is 0.618. The van der Waals surface area contributed by atoms with E-state index in [4.69, 9.17) is 23.2 Å². The lowest BCUT2D eigenvalue weighted by Gasteiger charge is -2.13. The number of aryl methyl sites for hydroxylation is 1. The molecule has 0 aromatic heterocycles. The minimum Gasteiger partial charge on any atom is -0.381 e. The molecule has 2 rings (SSSR count). The molecule has 0 spiro atoms. The number of rotatable bonds is 4. The van der Waals surface area contributed by atoms with Gasteiger partial charge in [0.15, 0.2) is 0 Å². The predicted molar refractivity (Wildman–Crippen MR) is 87.3 cm³/mol. The maximum absolute atomic E-state index is 6.16. The number of nitrogens with one attached hydrogen (secondary N) is 1. The zero-order valence-electron chi connectivity index (χ0n) is 10.5. The first kappa shape index (κ1) is 14.7. The van der Waals surface area contributed by atoms with Crippen LogP contribution < -0.4 is 5.32 Å². The highest BCUT2D eigenvalue weighted by Gasteiger charge is 2.06. The standard InChI is InChI=1S/C15H14BrCl2N/c1-2-10-8-11(16)6-7-15(10)19-9-12-13(17)4-3-5-14(12)18/h3-8,19H,2,9H2,1H3. The molecule has 0 unspecified atom stereocenters. The first-order valence-corrected chi connectivity index (χ1v) is 7.62. The van der Waals surface area contributed by atoms with Gasteiger partial charge in [-0.1, -0.05) is 52.1 Å². The van der Waals surface area contributed by atoms with E-state index in [1.807, 2.05) is 24.3 Å². The van der Waals surface area contributed by atoms with Crippen LogP contribution >= 0.6 is 39.1 Å². The Morgan fingerprint density at radius 2 is 1.79 bits per heavy atom. The molecule has 2 aromatic rings. The Morgan fingerprint density at radius 1 is 1.11 bits per heavy atom. The van der Waals surface area contributed by atoms with E-state index in [1.54, 1.807) is 0 Å². The third kappa shape index (κ3) is 3.65. The summed E-state index contributed by atoms with van der Waals surface area (Å²) in [5.74, 6) is 0. The quantitative estimate of drug-likeness (QED) is 0.714. The molecular formula is C15H14BrCl2N. The molecule has 1 N–H and O–H groups in total. The summed E-state index contributed by atoms with van der Waals surface area (Å²) in [5.41, 5.74) is 3.30. The van der Waals surface area contributed by atoms with E-state index in [1.165, 1.54) is 5.56 Å². The fourth-order valence-electron chi connectivity index (χ4n) is 1.91. The Kier molecular flexibility index (Phi) is 5.14. The number of hydrogen-bond donors (Lipinski definition) is 1. The summed E-state index contributed by atoms with van der Waals surface area (Å²) in [5, 5.41) is 4.78. The lowest BCUT2D eigenvalue weighted by Crippen LogP contribution is -2.03. The van der Waals surface area contributed by atoms with Crippen LogP contribution in [0.25, 0.3) is 0 Å². The summed E-state index contributed by atoms with van der Waals surface area (Å²) in [6.07, 6.45) is 0.970. The zero-order chi connectivity index (χ0) is 13.8. The number of benzene rings is 2. The summed E-state index contributed by atoms with van der Waals surface area (Å²) >= 11 is 15.8. The highest BCUT2D eigenvalue weighted by molar-refractivity contribution is 9.10. The summed E-state index contributed by atoms with van der Waals surface area (Å²) < 4.78 is 1.09. The fraction of sp³-hybridized carbons (Fsp3) is 0.200. The Morgan fingerprint density at radius 3 is 2.42 bits per heavy atom. The molecule has 100 valence electrons. The SMILES string of the molecule is CCc1cc(Br)ccc1NCc1c(Cl)cccc1Cl. The molecule has 0 atom stereocenters. The van der Waals surface area contributed by atoms with Crippen molar-refractivity contribution in [3.63, 3.8) is 0 Å². The molecule has 1 nitrogen and oxygen atoms in total. The minimum absolute atomic E-state index is 0.618. The van der Waals surface area contributed by atoms with Gasteiger partial charge in [0.05, 0.1) is 0 Å². The number of halogens is 3. The van der Waals surface area contributed by atoms with Crippen molar-refractivity contribution in [2.45, 2.75) is 19.9 Å². The van der Waals surface area contributed by atoms with Gasteiger partial charge in [-0.15, -0.1) is 0 Å². The van der Waals surface area contributed by atoms with Crippen LogP contribution in [0.4, 0.5) is 5.69 Å². The van der Waals surface area contributed by atoms with Crippen LogP contribution in [-0.2, 0) is 13.0 Å². The first-order chi connectivity index (χ1) is 9.11. The highest BCUT2D eigenvalue weighted by Crippen LogP contribution is 2.27. The second kappa shape index (κ2) is 6.65. The van der Waals surface area contributed by atoms with E-state index in [0.717, 1.165) is 22.1 Å². The highest BCUT2D eigenvalue weighted by atomic mass is 79.9. The van der Waals surface area contributed by atoms with Gasteiger partial charge in [-0.2, -0.15) is 0 Å². The molecule has 0 bridgehead atoms. The van der Waals surface area contributed by atoms with Gasteiger partial charge in [-0.05, 0) is 42.3 Å². The van der Waals surface area contributed by atoms with E-state index in [-0.39, 0.29) is 0 Å². The largest absolute Gasteiger partial charge is 0.381 e. The van der Waals surface area contributed by atoms with Crippen molar-refractivity contribution < 1.29 is 0 Å². The van der Waals surface area contributed by atoms with Crippen molar-refractivity contribution in [1.29, 1.82) is 0 Å². The van der Waals surface area contributed by atoms with Crippen molar-refractivity contribution in [1.82, 2.24) is 0 Å². The Balaban J connectivity index is 2.19. The van der Waals surface area contributed by atoms with Crippen molar-refractivity contribution in [2.24, 2.45) is 0 Å². The van der Waals surface area contributed by atoms with Gasteiger partial charge in [-0.3, -0.25) is 0 Å². The summed E-state index contributed by atoms with van der Waals surface area (Å²) in [4.78, 5) is 0. The molecule has 4 heteroatoms. The molecule has 0 fully saturated rings. The van der Waals surface area contributed by atoms with Crippen LogP contribution in [0, 0.1) is 0 Å². The van der Waals surface area contributed by atoms with Crippen molar-refractivity contribution in [3.8, 4) is 0 Å². The van der Waals surface area contributed by atoms with Gasteiger partial charge in [-0.25, -0.2) is 0 Å².